The molecule has 6 heteroatoms. The van der Waals surface area contributed by atoms with Crippen molar-refractivity contribution in [2.75, 3.05) is 11.9 Å². The van der Waals surface area contributed by atoms with E-state index in [9.17, 15) is 9.59 Å². The number of rotatable bonds is 3. The summed E-state index contributed by atoms with van der Waals surface area (Å²) in [6.45, 7) is 2.85. The molecule has 2 amide bonds. The van der Waals surface area contributed by atoms with E-state index in [1.165, 1.54) is 12.1 Å². The molecule has 0 spiro atoms. The fourth-order valence-electron chi connectivity index (χ4n) is 2.17. The molecule has 0 saturated carbocycles. The third-order valence-electron chi connectivity index (χ3n) is 3.32. The molecule has 5 nitrogen and oxygen atoms in total. The van der Waals surface area contributed by atoms with Crippen LogP contribution in [0, 0.1) is 5.92 Å². The zero-order chi connectivity index (χ0) is 14.0. The van der Waals surface area contributed by atoms with Gasteiger partial charge in [-0.3, -0.25) is 9.59 Å². The number of primary amides is 1. The molecule has 1 fully saturated rings. The van der Waals surface area contributed by atoms with Gasteiger partial charge in [0.1, 0.15) is 0 Å². The maximum atomic E-state index is 12.1. The number of nitrogens with one attached hydrogen (secondary N) is 2. The lowest BCUT2D eigenvalue weighted by Crippen LogP contribution is -2.39. The van der Waals surface area contributed by atoms with Gasteiger partial charge in [0.2, 0.25) is 11.8 Å². The highest BCUT2D eigenvalue weighted by molar-refractivity contribution is 6.34. The molecule has 1 saturated heterocycles. The standard InChI is InChI=1S/C13H16ClN3O2/c1-7-4-5-16-11(7)13(19)17-10-6-8(12(15)18)2-3-9(10)14/h2-3,6-7,11,16H,4-5H2,1H3,(H2,15,18)(H,17,19). The van der Waals surface area contributed by atoms with Gasteiger partial charge in [0, 0.05) is 5.56 Å². The third-order valence-corrected chi connectivity index (χ3v) is 3.65. The van der Waals surface area contributed by atoms with E-state index in [0.717, 1.165) is 13.0 Å². The molecular weight excluding hydrogens is 266 g/mol. The van der Waals surface area contributed by atoms with Gasteiger partial charge in [-0.15, -0.1) is 0 Å². The van der Waals surface area contributed by atoms with Crippen LogP contribution in [-0.4, -0.2) is 24.4 Å². The molecule has 2 rings (SSSR count). The van der Waals surface area contributed by atoms with Crippen LogP contribution in [0.4, 0.5) is 5.69 Å². The maximum absolute atomic E-state index is 12.1. The van der Waals surface area contributed by atoms with Crippen LogP contribution < -0.4 is 16.4 Å². The number of benzene rings is 1. The van der Waals surface area contributed by atoms with Gasteiger partial charge in [-0.2, -0.15) is 0 Å². The highest BCUT2D eigenvalue weighted by Crippen LogP contribution is 2.24. The van der Waals surface area contributed by atoms with Crippen LogP contribution in [0.25, 0.3) is 0 Å². The summed E-state index contributed by atoms with van der Waals surface area (Å²) in [5, 5.41) is 6.25. The van der Waals surface area contributed by atoms with Crippen molar-refractivity contribution in [1.82, 2.24) is 5.32 Å². The number of hydrogen-bond donors (Lipinski definition) is 3. The largest absolute Gasteiger partial charge is 0.366 e. The Bertz CT molecular complexity index is 519. The van der Waals surface area contributed by atoms with Crippen molar-refractivity contribution >= 4 is 29.1 Å². The van der Waals surface area contributed by atoms with Gasteiger partial charge >= 0.3 is 0 Å². The molecule has 0 radical (unpaired) electrons. The minimum Gasteiger partial charge on any atom is -0.366 e. The lowest BCUT2D eigenvalue weighted by molar-refractivity contribution is -0.118. The summed E-state index contributed by atoms with van der Waals surface area (Å²) in [6.07, 6.45) is 0.965. The topological polar surface area (TPSA) is 84.2 Å². The number of carbonyl (C=O) groups is 2. The quantitative estimate of drug-likeness (QED) is 0.782. The van der Waals surface area contributed by atoms with Crippen LogP contribution in [0.15, 0.2) is 18.2 Å². The fourth-order valence-corrected chi connectivity index (χ4v) is 2.34. The Morgan fingerprint density at radius 3 is 2.79 bits per heavy atom. The van der Waals surface area contributed by atoms with Crippen molar-refractivity contribution in [3.05, 3.63) is 28.8 Å². The van der Waals surface area contributed by atoms with Gasteiger partial charge < -0.3 is 16.4 Å². The molecule has 0 bridgehead atoms. The summed E-state index contributed by atoms with van der Waals surface area (Å²) in [5.41, 5.74) is 5.92. The van der Waals surface area contributed by atoms with E-state index in [-0.39, 0.29) is 17.9 Å². The molecule has 19 heavy (non-hydrogen) atoms. The first-order chi connectivity index (χ1) is 8.99. The molecule has 0 aliphatic carbocycles. The predicted octanol–water partition coefficient (Wildman–Crippen LogP) is 1.38. The number of anilines is 1. The number of hydrogen-bond acceptors (Lipinski definition) is 3. The van der Waals surface area contributed by atoms with Gasteiger partial charge in [-0.25, -0.2) is 0 Å². The fraction of sp³-hybridized carbons (Fsp3) is 0.385. The van der Waals surface area contributed by atoms with Crippen LogP contribution in [0.1, 0.15) is 23.7 Å². The van der Waals surface area contributed by atoms with Crippen molar-refractivity contribution in [1.29, 1.82) is 0 Å². The molecule has 4 N–H and O–H groups in total. The minimum absolute atomic E-state index is 0.145. The Balaban J connectivity index is 2.16. The summed E-state index contributed by atoms with van der Waals surface area (Å²) < 4.78 is 0. The highest BCUT2D eigenvalue weighted by atomic mass is 35.5. The average molecular weight is 282 g/mol. The van der Waals surface area contributed by atoms with Crippen LogP contribution in [-0.2, 0) is 4.79 Å². The van der Waals surface area contributed by atoms with E-state index in [2.05, 4.69) is 10.6 Å². The van der Waals surface area contributed by atoms with Crippen molar-refractivity contribution in [3.8, 4) is 0 Å². The molecule has 1 aliphatic rings. The SMILES string of the molecule is CC1CCNC1C(=O)Nc1cc(C(N)=O)ccc1Cl. The molecule has 102 valence electrons. The van der Waals surface area contributed by atoms with Crippen LogP contribution >= 0.6 is 11.6 Å². The Kier molecular flexibility index (Phi) is 4.07. The van der Waals surface area contributed by atoms with E-state index in [1.54, 1.807) is 6.07 Å². The zero-order valence-electron chi connectivity index (χ0n) is 10.6. The summed E-state index contributed by atoms with van der Waals surface area (Å²) in [7, 11) is 0. The molecule has 2 atom stereocenters. The summed E-state index contributed by atoms with van der Waals surface area (Å²) in [6, 6.07) is 4.33. The van der Waals surface area contributed by atoms with Gasteiger partial charge in [-0.05, 0) is 37.1 Å². The third kappa shape index (κ3) is 3.05. The van der Waals surface area contributed by atoms with Crippen LogP contribution in [0.2, 0.25) is 5.02 Å². The van der Waals surface area contributed by atoms with E-state index < -0.39 is 5.91 Å². The Labute approximate surface area is 116 Å². The molecule has 1 aromatic carbocycles. The van der Waals surface area contributed by atoms with Crippen molar-refractivity contribution in [2.45, 2.75) is 19.4 Å². The summed E-state index contributed by atoms with van der Waals surface area (Å²) in [5.74, 6) is -0.425. The van der Waals surface area contributed by atoms with Crippen LogP contribution in [0.3, 0.4) is 0 Å². The molecule has 1 heterocycles. The minimum atomic E-state index is -0.556. The first-order valence-electron chi connectivity index (χ1n) is 6.12. The van der Waals surface area contributed by atoms with E-state index in [0.29, 0.717) is 16.3 Å². The number of nitrogens with two attached hydrogens (primary N) is 1. The normalized spacial score (nSPS) is 22.2. The Morgan fingerprint density at radius 2 is 2.21 bits per heavy atom. The highest BCUT2D eigenvalue weighted by Gasteiger charge is 2.29. The zero-order valence-corrected chi connectivity index (χ0v) is 11.3. The van der Waals surface area contributed by atoms with Gasteiger partial charge in [0.25, 0.3) is 0 Å². The lowest BCUT2D eigenvalue weighted by Gasteiger charge is -2.16. The van der Waals surface area contributed by atoms with Crippen molar-refractivity contribution in [3.63, 3.8) is 0 Å². The lowest BCUT2D eigenvalue weighted by atomic mass is 10.0. The van der Waals surface area contributed by atoms with Crippen molar-refractivity contribution < 1.29 is 9.59 Å². The molecule has 2 unspecified atom stereocenters. The molecular formula is C13H16ClN3O2. The van der Waals surface area contributed by atoms with E-state index in [1.807, 2.05) is 6.92 Å². The predicted molar refractivity (Wildman–Crippen MR) is 74.2 cm³/mol. The first-order valence-corrected chi connectivity index (χ1v) is 6.50. The smallest absolute Gasteiger partial charge is 0.248 e. The van der Waals surface area contributed by atoms with Gasteiger partial charge in [0.15, 0.2) is 0 Å². The summed E-state index contributed by atoms with van der Waals surface area (Å²) >= 11 is 6.00. The van der Waals surface area contributed by atoms with Gasteiger partial charge in [-0.1, -0.05) is 18.5 Å². The second-order valence-electron chi connectivity index (χ2n) is 4.75. The summed E-state index contributed by atoms with van der Waals surface area (Å²) in [4.78, 5) is 23.2. The van der Waals surface area contributed by atoms with Crippen LogP contribution in [0.5, 0.6) is 0 Å². The monoisotopic (exact) mass is 281 g/mol. The van der Waals surface area contributed by atoms with E-state index in [4.69, 9.17) is 17.3 Å². The van der Waals surface area contributed by atoms with E-state index >= 15 is 0 Å². The molecule has 1 aliphatic heterocycles. The Hall–Kier alpha value is -1.59. The Morgan fingerprint density at radius 1 is 1.47 bits per heavy atom. The molecule has 1 aromatic rings. The second kappa shape index (κ2) is 5.59. The first kappa shape index (κ1) is 13.8. The maximum Gasteiger partial charge on any atom is 0.248 e. The molecule has 0 aromatic heterocycles. The average Bonchev–Trinajstić information content (AvgIpc) is 2.78. The number of halogens is 1. The number of carbonyl (C=O) groups excluding carboxylic acids is 2. The van der Waals surface area contributed by atoms with Crippen molar-refractivity contribution in [2.24, 2.45) is 11.7 Å². The van der Waals surface area contributed by atoms with Gasteiger partial charge in [0.05, 0.1) is 16.8 Å². The second-order valence-corrected chi connectivity index (χ2v) is 5.15. The number of amides is 2.